The predicted molar refractivity (Wildman–Crippen MR) is 101 cm³/mol. The maximum atomic E-state index is 11.5. The SMILES string of the molecule is C=C1CCCC2C1(C)CCC(C)C2(C)C/C=C(/C=O)[C@H](C=O)OC(C)=O. The van der Waals surface area contributed by atoms with E-state index in [1.54, 1.807) is 0 Å². The Kier molecular flexibility index (Phi) is 6.25. The van der Waals surface area contributed by atoms with Gasteiger partial charge < -0.3 is 4.74 Å². The topological polar surface area (TPSA) is 60.4 Å². The van der Waals surface area contributed by atoms with Gasteiger partial charge in [-0.3, -0.25) is 14.4 Å². The summed E-state index contributed by atoms with van der Waals surface area (Å²) >= 11 is 0. The molecule has 2 aliphatic rings. The lowest BCUT2D eigenvalue weighted by molar-refractivity contribution is -0.147. The van der Waals surface area contributed by atoms with Crippen LogP contribution in [0.15, 0.2) is 23.8 Å². The van der Waals surface area contributed by atoms with Gasteiger partial charge in [-0.15, -0.1) is 0 Å². The average Bonchev–Trinajstić information content (AvgIpc) is 2.59. The summed E-state index contributed by atoms with van der Waals surface area (Å²) < 4.78 is 4.98. The minimum absolute atomic E-state index is 0.0221. The number of rotatable bonds is 6. The molecule has 0 aromatic carbocycles. The van der Waals surface area contributed by atoms with E-state index in [0.29, 0.717) is 30.8 Å². The molecule has 4 unspecified atom stereocenters. The molecule has 0 amide bonds. The summed E-state index contributed by atoms with van der Waals surface area (Å²) in [6, 6.07) is 0. The first-order valence-corrected chi connectivity index (χ1v) is 9.65. The van der Waals surface area contributed by atoms with Gasteiger partial charge in [-0.2, -0.15) is 0 Å². The highest BCUT2D eigenvalue weighted by molar-refractivity contribution is 5.84. The average molecular weight is 360 g/mol. The van der Waals surface area contributed by atoms with Gasteiger partial charge in [-0.1, -0.05) is 39.0 Å². The van der Waals surface area contributed by atoms with Crippen molar-refractivity contribution in [3.63, 3.8) is 0 Å². The van der Waals surface area contributed by atoms with E-state index in [9.17, 15) is 14.4 Å². The molecule has 0 N–H and O–H groups in total. The Morgan fingerprint density at radius 1 is 1.35 bits per heavy atom. The number of hydrogen-bond acceptors (Lipinski definition) is 4. The fraction of sp³-hybridized carbons (Fsp3) is 0.682. The summed E-state index contributed by atoms with van der Waals surface area (Å²) in [6.07, 6.45) is 8.29. The Labute approximate surface area is 157 Å². The standard InChI is InChI=1S/C22H32O4/c1-15-7-6-8-20-21(15,4)11-9-16(2)22(20,5)12-10-18(13-23)19(14-24)26-17(3)25/h10,13-14,16,19-20H,1,6-9,11-12H2,2-5H3/b18-10-/t16?,19-,20?,21?,22?/m0/s1. The van der Waals surface area contributed by atoms with Crippen LogP contribution in [0.2, 0.25) is 0 Å². The number of esters is 1. The quantitative estimate of drug-likeness (QED) is 0.304. The molecule has 0 radical (unpaired) electrons. The van der Waals surface area contributed by atoms with Crippen LogP contribution in [0.25, 0.3) is 0 Å². The molecule has 0 saturated heterocycles. The number of allylic oxidation sites excluding steroid dienone is 2. The summed E-state index contributed by atoms with van der Waals surface area (Å²) in [7, 11) is 0. The third-order valence-corrected chi connectivity index (χ3v) is 7.23. The molecule has 4 heteroatoms. The molecule has 0 spiro atoms. The number of fused-ring (bicyclic) bond motifs is 1. The van der Waals surface area contributed by atoms with Crippen LogP contribution in [0.3, 0.4) is 0 Å². The van der Waals surface area contributed by atoms with E-state index in [1.165, 1.54) is 25.3 Å². The lowest BCUT2D eigenvalue weighted by Crippen LogP contribution is -2.50. The van der Waals surface area contributed by atoms with E-state index < -0.39 is 12.1 Å². The fourth-order valence-corrected chi connectivity index (χ4v) is 5.23. The van der Waals surface area contributed by atoms with E-state index in [1.807, 2.05) is 6.08 Å². The summed E-state index contributed by atoms with van der Waals surface area (Å²) in [5.41, 5.74) is 1.77. The smallest absolute Gasteiger partial charge is 0.303 e. The van der Waals surface area contributed by atoms with Crippen molar-refractivity contribution in [3.05, 3.63) is 23.8 Å². The molecule has 2 fully saturated rings. The van der Waals surface area contributed by atoms with Crippen LogP contribution in [0.4, 0.5) is 0 Å². The Bertz CT molecular complexity index is 620. The van der Waals surface area contributed by atoms with Crippen molar-refractivity contribution in [2.45, 2.75) is 72.3 Å². The molecule has 2 aliphatic carbocycles. The normalized spacial score (nSPS) is 36.0. The van der Waals surface area contributed by atoms with Crippen LogP contribution in [0.1, 0.15) is 66.2 Å². The first-order valence-electron chi connectivity index (χ1n) is 9.65. The van der Waals surface area contributed by atoms with Crippen molar-refractivity contribution in [1.82, 2.24) is 0 Å². The van der Waals surface area contributed by atoms with Gasteiger partial charge in [-0.05, 0) is 61.2 Å². The third-order valence-electron chi connectivity index (χ3n) is 7.23. The van der Waals surface area contributed by atoms with Crippen molar-refractivity contribution < 1.29 is 19.1 Å². The summed E-state index contributed by atoms with van der Waals surface area (Å²) in [6.45, 7) is 12.5. The summed E-state index contributed by atoms with van der Waals surface area (Å²) in [4.78, 5) is 34.0. The molecule has 0 aliphatic heterocycles. The number of aldehydes is 2. The molecule has 0 bridgehead atoms. The Morgan fingerprint density at radius 2 is 2.04 bits per heavy atom. The van der Waals surface area contributed by atoms with Crippen molar-refractivity contribution in [1.29, 1.82) is 0 Å². The van der Waals surface area contributed by atoms with E-state index >= 15 is 0 Å². The molecule has 144 valence electrons. The maximum Gasteiger partial charge on any atom is 0.303 e. The minimum Gasteiger partial charge on any atom is -0.450 e. The molecular weight excluding hydrogens is 328 g/mol. The monoisotopic (exact) mass is 360 g/mol. The van der Waals surface area contributed by atoms with Crippen LogP contribution in [-0.2, 0) is 19.1 Å². The highest BCUT2D eigenvalue weighted by Crippen LogP contribution is 2.62. The van der Waals surface area contributed by atoms with Crippen LogP contribution < -0.4 is 0 Å². The summed E-state index contributed by atoms with van der Waals surface area (Å²) in [5.74, 6) is 0.454. The number of ether oxygens (including phenoxy) is 1. The first-order chi connectivity index (χ1) is 12.2. The van der Waals surface area contributed by atoms with Gasteiger partial charge in [0, 0.05) is 12.5 Å². The van der Waals surface area contributed by atoms with Gasteiger partial charge in [0.1, 0.15) is 6.29 Å². The van der Waals surface area contributed by atoms with E-state index in [0.717, 1.165) is 19.3 Å². The Morgan fingerprint density at radius 3 is 2.62 bits per heavy atom. The Hall–Kier alpha value is -1.71. The largest absolute Gasteiger partial charge is 0.450 e. The van der Waals surface area contributed by atoms with Crippen LogP contribution in [0, 0.1) is 22.7 Å². The van der Waals surface area contributed by atoms with Crippen molar-refractivity contribution in [2.24, 2.45) is 22.7 Å². The Balaban J connectivity index is 2.31. The zero-order valence-corrected chi connectivity index (χ0v) is 16.5. The number of carbonyl (C=O) groups excluding carboxylic acids is 3. The fourth-order valence-electron chi connectivity index (χ4n) is 5.23. The predicted octanol–water partition coefficient (Wildman–Crippen LogP) is 4.43. The van der Waals surface area contributed by atoms with Crippen LogP contribution >= 0.6 is 0 Å². The van der Waals surface area contributed by atoms with Crippen molar-refractivity contribution in [3.8, 4) is 0 Å². The van der Waals surface area contributed by atoms with Crippen LogP contribution in [0.5, 0.6) is 0 Å². The van der Waals surface area contributed by atoms with Gasteiger partial charge in [0.15, 0.2) is 12.4 Å². The molecule has 2 saturated carbocycles. The second-order valence-corrected chi connectivity index (χ2v) is 8.60. The minimum atomic E-state index is -1.11. The molecule has 5 atom stereocenters. The first kappa shape index (κ1) is 20.6. The highest BCUT2D eigenvalue weighted by Gasteiger charge is 2.53. The maximum absolute atomic E-state index is 11.5. The molecule has 26 heavy (non-hydrogen) atoms. The van der Waals surface area contributed by atoms with E-state index in [-0.39, 0.29) is 16.4 Å². The second kappa shape index (κ2) is 7.89. The number of carbonyl (C=O) groups is 3. The van der Waals surface area contributed by atoms with Crippen LogP contribution in [-0.4, -0.2) is 24.6 Å². The molecule has 2 rings (SSSR count). The lowest BCUT2D eigenvalue weighted by atomic mass is 9.46. The third kappa shape index (κ3) is 3.70. The second-order valence-electron chi connectivity index (χ2n) is 8.60. The van der Waals surface area contributed by atoms with Gasteiger partial charge in [0.2, 0.25) is 0 Å². The van der Waals surface area contributed by atoms with Crippen molar-refractivity contribution in [2.75, 3.05) is 0 Å². The molecular formula is C22H32O4. The van der Waals surface area contributed by atoms with Crippen molar-refractivity contribution >= 4 is 18.5 Å². The van der Waals surface area contributed by atoms with E-state index in [4.69, 9.17) is 4.74 Å². The molecule has 0 aromatic heterocycles. The molecule has 0 aromatic rings. The van der Waals surface area contributed by atoms with Gasteiger partial charge in [0.05, 0.1) is 0 Å². The van der Waals surface area contributed by atoms with Gasteiger partial charge in [-0.25, -0.2) is 0 Å². The molecule has 0 heterocycles. The molecule has 4 nitrogen and oxygen atoms in total. The zero-order chi connectivity index (χ0) is 19.5. The van der Waals surface area contributed by atoms with Gasteiger partial charge in [0.25, 0.3) is 0 Å². The highest BCUT2D eigenvalue weighted by atomic mass is 16.5. The lowest BCUT2D eigenvalue weighted by Gasteiger charge is -2.58. The zero-order valence-electron chi connectivity index (χ0n) is 16.5. The van der Waals surface area contributed by atoms with E-state index in [2.05, 4.69) is 27.4 Å². The summed E-state index contributed by atoms with van der Waals surface area (Å²) in [5, 5.41) is 0. The number of hydrogen-bond donors (Lipinski definition) is 0. The van der Waals surface area contributed by atoms with Gasteiger partial charge >= 0.3 is 5.97 Å².